The summed E-state index contributed by atoms with van der Waals surface area (Å²) in [4.78, 5) is 0. The molecular weight excluding hydrogens is 112 g/mol. The highest BCUT2D eigenvalue weighted by molar-refractivity contribution is 6.13. The highest BCUT2D eigenvalue weighted by Crippen LogP contribution is 1.87. The summed E-state index contributed by atoms with van der Waals surface area (Å²) >= 11 is 5.52. The molecule has 0 amide bonds. The molecule has 0 bridgehead atoms. The largest absolute Gasteiger partial charge is 0.329 e. The molecule has 0 spiro atoms. The molecule has 0 aliphatic carbocycles. The predicted octanol–water partition coefficient (Wildman–Crippen LogP) is 0.421. The Hall–Kier alpha value is 0.210. The number of nitrogens with zero attached hydrogens (tertiary/aromatic N) is 1. The molecule has 0 fully saturated rings. The van der Waals surface area contributed by atoms with Crippen LogP contribution in [0.1, 0.15) is 6.92 Å². The van der Waals surface area contributed by atoms with E-state index in [1.807, 2.05) is 6.92 Å². The van der Waals surface area contributed by atoms with Crippen LogP contribution in [-0.2, 0) is 0 Å². The van der Waals surface area contributed by atoms with Crippen LogP contribution in [0.15, 0.2) is 0 Å². The first-order valence-corrected chi connectivity index (χ1v) is 2.75. The Balaban J connectivity index is 2.83. The average Bonchev–Trinajstić information content (AvgIpc) is 1.68. The minimum atomic E-state index is 0.636. The van der Waals surface area contributed by atoms with Gasteiger partial charge in [-0.1, -0.05) is 6.92 Å². The Morgan fingerprint density at radius 1 is 1.71 bits per heavy atom. The van der Waals surface area contributed by atoms with Gasteiger partial charge in [-0.3, -0.25) is 0 Å². The molecule has 0 aliphatic rings. The molecule has 0 aromatic heterocycles. The van der Waals surface area contributed by atoms with Crippen LogP contribution in [0.25, 0.3) is 0 Å². The lowest BCUT2D eigenvalue weighted by Gasteiger charge is -2.06. The van der Waals surface area contributed by atoms with Crippen molar-refractivity contribution in [2.24, 2.45) is 5.73 Å². The van der Waals surface area contributed by atoms with E-state index in [0.717, 1.165) is 13.1 Å². The Morgan fingerprint density at radius 2 is 2.29 bits per heavy atom. The third-order valence-electron chi connectivity index (χ3n) is 0.715. The molecule has 2 N–H and O–H groups in total. The van der Waals surface area contributed by atoms with E-state index < -0.39 is 0 Å². The van der Waals surface area contributed by atoms with E-state index in [1.54, 1.807) is 4.42 Å². The van der Waals surface area contributed by atoms with Crippen molar-refractivity contribution >= 4 is 11.8 Å². The molecule has 0 aromatic rings. The van der Waals surface area contributed by atoms with Crippen molar-refractivity contribution in [2.45, 2.75) is 6.92 Å². The molecule has 0 rings (SSSR count). The molecule has 7 heavy (non-hydrogen) atoms. The lowest BCUT2D eigenvalue weighted by molar-refractivity contribution is 0.490. The van der Waals surface area contributed by atoms with E-state index >= 15 is 0 Å². The summed E-state index contributed by atoms with van der Waals surface area (Å²) in [6, 6.07) is 0. The molecule has 0 saturated carbocycles. The number of likely N-dealkylation sites (N-methyl/N-ethyl adjacent to an activating group) is 1. The molecule has 0 aliphatic heterocycles. The lowest BCUT2D eigenvalue weighted by atomic mass is 10.6. The molecule has 0 unspecified atom stereocenters. The zero-order valence-electron chi connectivity index (χ0n) is 4.52. The monoisotopic (exact) mass is 122 g/mol. The summed E-state index contributed by atoms with van der Waals surface area (Å²) in [6.45, 7) is 4.26. The van der Waals surface area contributed by atoms with Gasteiger partial charge in [-0.15, -0.1) is 0 Å². The van der Waals surface area contributed by atoms with Gasteiger partial charge in [0.2, 0.25) is 0 Å². The molecular formula is C4H11ClN2. The van der Waals surface area contributed by atoms with E-state index in [0.29, 0.717) is 6.54 Å². The van der Waals surface area contributed by atoms with Crippen LogP contribution < -0.4 is 5.73 Å². The fraction of sp³-hybridized carbons (Fsp3) is 1.00. The second kappa shape index (κ2) is 4.37. The van der Waals surface area contributed by atoms with E-state index in [1.165, 1.54) is 0 Å². The lowest BCUT2D eigenvalue weighted by Crippen LogP contribution is -2.20. The number of hydrogen-bond acceptors (Lipinski definition) is 2. The maximum Gasteiger partial charge on any atom is 0.0262 e. The fourth-order valence-corrected chi connectivity index (χ4v) is 0.396. The van der Waals surface area contributed by atoms with Crippen molar-refractivity contribution in [3.05, 3.63) is 0 Å². The van der Waals surface area contributed by atoms with Gasteiger partial charge in [0.15, 0.2) is 0 Å². The minimum absolute atomic E-state index is 0.636. The minimum Gasteiger partial charge on any atom is -0.329 e. The number of nitrogens with two attached hydrogens (primary N) is 1. The highest BCUT2D eigenvalue weighted by atomic mass is 35.5. The maximum absolute atomic E-state index is 5.52. The Kier molecular flexibility index (Phi) is 4.50. The van der Waals surface area contributed by atoms with Crippen LogP contribution >= 0.6 is 11.8 Å². The van der Waals surface area contributed by atoms with Crippen LogP contribution in [-0.4, -0.2) is 24.1 Å². The van der Waals surface area contributed by atoms with Crippen LogP contribution in [0.3, 0.4) is 0 Å². The van der Waals surface area contributed by atoms with Crippen LogP contribution in [0, 0.1) is 0 Å². The number of rotatable bonds is 3. The summed E-state index contributed by atoms with van der Waals surface area (Å²) in [6.07, 6.45) is 0. The smallest absolute Gasteiger partial charge is 0.0262 e. The second-order valence-electron chi connectivity index (χ2n) is 1.29. The average molecular weight is 123 g/mol. The van der Waals surface area contributed by atoms with E-state index in [9.17, 15) is 0 Å². The predicted molar refractivity (Wildman–Crippen MR) is 32.2 cm³/mol. The number of halogens is 1. The van der Waals surface area contributed by atoms with Gasteiger partial charge < -0.3 is 5.73 Å². The molecule has 2 nitrogen and oxygen atoms in total. The first-order valence-electron chi connectivity index (χ1n) is 2.42. The Labute approximate surface area is 49.3 Å². The van der Waals surface area contributed by atoms with E-state index in [-0.39, 0.29) is 0 Å². The maximum atomic E-state index is 5.52. The third kappa shape index (κ3) is 4.05. The van der Waals surface area contributed by atoms with Gasteiger partial charge in [0.1, 0.15) is 0 Å². The van der Waals surface area contributed by atoms with Crippen LogP contribution in [0.5, 0.6) is 0 Å². The molecule has 0 aromatic carbocycles. The normalized spacial score (nSPS) is 10.3. The Bertz CT molecular complexity index is 40.7. The van der Waals surface area contributed by atoms with Gasteiger partial charge in [0.25, 0.3) is 0 Å². The molecule has 0 radical (unpaired) electrons. The van der Waals surface area contributed by atoms with Crippen molar-refractivity contribution in [1.29, 1.82) is 0 Å². The van der Waals surface area contributed by atoms with Gasteiger partial charge in [-0.2, -0.15) is 0 Å². The van der Waals surface area contributed by atoms with Crippen molar-refractivity contribution in [1.82, 2.24) is 4.42 Å². The highest BCUT2D eigenvalue weighted by Gasteiger charge is 1.89. The molecule has 44 valence electrons. The fourth-order valence-electron chi connectivity index (χ4n) is 0.298. The first-order chi connectivity index (χ1) is 3.31. The SMILES string of the molecule is CCN(Cl)CCN. The first kappa shape index (κ1) is 7.21. The summed E-state index contributed by atoms with van der Waals surface area (Å²) in [5.74, 6) is 0. The molecule has 0 atom stereocenters. The van der Waals surface area contributed by atoms with Gasteiger partial charge >= 0.3 is 0 Å². The van der Waals surface area contributed by atoms with Gasteiger partial charge in [0.05, 0.1) is 0 Å². The summed E-state index contributed by atoms with van der Waals surface area (Å²) < 4.78 is 1.65. The summed E-state index contributed by atoms with van der Waals surface area (Å²) in [7, 11) is 0. The van der Waals surface area contributed by atoms with Crippen LogP contribution in [0.4, 0.5) is 0 Å². The Morgan fingerprint density at radius 3 is 2.43 bits per heavy atom. The number of hydrogen-bond donors (Lipinski definition) is 1. The zero-order valence-corrected chi connectivity index (χ0v) is 5.28. The topological polar surface area (TPSA) is 29.3 Å². The van der Waals surface area contributed by atoms with Crippen molar-refractivity contribution in [3.8, 4) is 0 Å². The van der Waals surface area contributed by atoms with Crippen molar-refractivity contribution in [2.75, 3.05) is 19.6 Å². The van der Waals surface area contributed by atoms with E-state index in [4.69, 9.17) is 17.5 Å². The summed E-state index contributed by atoms with van der Waals surface area (Å²) in [5.41, 5.74) is 5.18. The van der Waals surface area contributed by atoms with E-state index in [2.05, 4.69) is 0 Å². The van der Waals surface area contributed by atoms with Crippen molar-refractivity contribution < 1.29 is 0 Å². The molecule has 3 heteroatoms. The van der Waals surface area contributed by atoms with Crippen LogP contribution in [0.2, 0.25) is 0 Å². The van der Waals surface area contributed by atoms with Crippen molar-refractivity contribution in [3.63, 3.8) is 0 Å². The molecule has 0 heterocycles. The third-order valence-corrected chi connectivity index (χ3v) is 1.12. The van der Waals surface area contributed by atoms with Gasteiger partial charge in [0, 0.05) is 19.6 Å². The zero-order chi connectivity index (χ0) is 5.70. The molecule has 0 saturated heterocycles. The van der Waals surface area contributed by atoms with Gasteiger partial charge in [-0.05, 0) is 11.8 Å². The second-order valence-corrected chi connectivity index (χ2v) is 1.77. The summed E-state index contributed by atoms with van der Waals surface area (Å²) in [5, 5.41) is 0. The van der Waals surface area contributed by atoms with Gasteiger partial charge in [-0.25, -0.2) is 4.42 Å². The standard InChI is InChI=1S/C4H11ClN2/c1-2-7(5)4-3-6/h2-4,6H2,1H3. The quantitative estimate of drug-likeness (QED) is 0.550.